The van der Waals surface area contributed by atoms with Gasteiger partial charge >= 0.3 is 0 Å². The van der Waals surface area contributed by atoms with Gasteiger partial charge in [0, 0.05) is 43.6 Å². The van der Waals surface area contributed by atoms with Crippen molar-refractivity contribution in [1.82, 2.24) is 9.47 Å². The molecule has 1 amide bonds. The number of non-ortho nitro benzene ring substituents is 1. The van der Waals surface area contributed by atoms with Crippen molar-refractivity contribution in [2.24, 2.45) is 0 Å². The lowest BCUT2D eigenvalue weighted by molar-refractivity contribution is -0.384. The quantitative estimate of drug-likeness (QED) is 0.290. The second-order valence-electron chi connectivity index (χ2n) is 6.28. The van der Waals surface area contributed by atoms with Gasteiger partial charge < -0.3 is 4.90 Å². The zero-order chi connectivity index (χ0) is 20.8. The van der Waals surface area contributed by atoms with Crippen LogP contribution in [0.5, 0.6) is 0 Å². The molecule has 148 valence electrons. The van der Waals surface area contributed by atoms with Crippen LogP contribution in [0.25, 0.3) is 0 Å². The first-order chi connectivity index (χ1) is 13.3. The van der Waals surface area contributed by atoms with Gasteiger partial charge in [0.25, 0.3) is 17.2 Å². The lowest BCUT2D eigenvalue weighted by Gasteiger charge is -2.24. The van der Waals surface area contributed by atoms with Gasteiger partial charge in [0.05, 0.1) is 9.95 Å². The highest BCUT2D eigenvalue weighted by Crippen LogP contribution is 2.21. The molecule has 0 aliphatic rings. The summed E-state index contributed by atoms with van der Waals surface area (Å²) in [4.78, 5) is 50.2. The Bertz CT molecular complexity index is 957. The summed E-state index contributed by atoms with van der Waals surface area (Å²) >= 11 is 5.96. The highest BCUT2D eigenvalue weighted by atomic mass is 35.5. The number of hydrogen-bond donors (Lipinski definition) is 0. The summed E-state index contributed by atoms with van der Waals surface area (Å²) in [7, 11) is 1.54. The molecule has 2 rings (SSSR count). The van der Waals surface area contributed by atoms with E-state index in [1.807, 2.05) is 6.92 Å². The third kappa shape index (κ3) is 4.83. The molecule has 0 saturated carbocycles. The van der Waals surface area contributed by atoms with E-state index in [9.17, 15) is 24.5 Å². The molecular formula is C19H20ClN3O5. The van der Waals surface area contributed by atoms with E-state index < -0.39 is 28.2 Å². The van der Waals surface area contributed by atoms with E-state index in [0.717, 1.165) is 29.5 Å². The number of nitro groups is 1. The van der Waals surface area contributed by atoms with Crippen LogP contribution in [0.4, 0.5) is 5.69 Å². The molecule has 1 heterocycles. The second-order valence-corrected chi connectivity index (χ2v) is 6.72. The number of halogens is 1. The number of aromatic nitrogens is 1. The first-order valence-electron chi connectivity index (χ1n) is 8.67. The van der Waals surface area contributed by atoms with E-state index in [1.165, 1.54) is 35.4 Å². The van der Waals surface area contributed by atoms with Crippen molar-refractivity contribution in [2.45, 2.75) is 25.8 Å². The predicted octanol–water partition coefficient (Wildman–Crippen LogP) is 3.09. The van der Waals surface area contributed by atoms with Gasteiger partial charge in [-0.3, -0.25) is 29.1 Å². The number of nitrogens with zero attached hydrogens (tertiary/aromatic N) is 3. The van der Waals surface area contributed by atoms with Crippen LogP contribution in [0, 0.1) is 10.1 Å². The maximum Gasteiger partial charge on any atom is 0.270 e. The Kier molecular flexibility index (Phi) is 7.06. The van der Waals surface area contributed by atoms with Crippen LogP contribution < -0.4 is 5.56 Å². The Hall–Kier alpha value is -3.00. The summed E-state index contributed by atoms with van der Waals surface area (Å²) in [5, 5.41) is 11.2. The van der Waals surface area contributed by atoms with E-state index in [-0.39, 0.29) is 16.3 Å². The molecule has 0 N–H and O–H groups in total. The first-order valence-corrected chi connectivity index (χ1v) is 9.05. The number of benzene rings is 1. The van der Waals surface area contributed by atoms with E-state index in [2.05, 4.69) is 0 Å². The zero-order valence-corrected chi connectivity index (χ0v) is 16.3. The summed E-state index contributed by atoms with van der Waals surface area (Å²) < 4.78 is 0.967. The maximum atomic E-state index is 13.1. The molecule has 0 saturated heterocycles. The molecule has 9 heteroatoms. The van der Waals surface area contributed by atoms with Gasteiger partial charge in [0.2, 0.25) is 0 Å². The second kappa shape index (κ2) is 9.27. The van der Waals surface area contributed by atoms with Gasteiger partial charge in [-0.1, -0.05) is 37.1 Å². The molecule has 0 spiro atoms. The standard InChI is InChI=1S/C19H20ClN3O5/c1-3-4-10-21(2)19(26)17(22-12-14(20)8-9-16(22)24)18(25)13-6-5-7-15(11-13)23(27)28/h5-9,11-12,17H,3-4,10H2,1-2H3/t17-/m1/s1. The van der Waals surface area contributed by atoms with Crippen molar-refractivity contribution in [3.05, 3.63) is 73.6 Å². The van der Waals surface area contributed by atoms with Crippen molar-refractivity contribution in [2.75, 3.05) is 13.6 Å². The lowest BCUT2D eigenvalue weighted by Crippen LogP contribution is -2.42. The Morgan fingerprint density at radius 1 is 1.29 bits per heavy atom. The molecular weight excluding hydrogens is 386 g/mol. The minimum Gasteiger partial charge on any atom is -0.344 e. The summed E-state index contributed by atoms with van der Waals surface area (Å²) in [5.41, 5.74) is -0.899. The number of rotatable bonds is 8. The summed E-state index contributed by atoms with van der Waals surface area (Å²) in [6, 6.07) is 6.08. The Morgan fingerprint density at radius 2 is 2.00 bits per heavy atom. The van der Waals surface area contributed by atoms with Gasteiger partial charge in [-0.15, -0.1) is 0 Å². The average molecular weight is 406 g/mol. The summed E-state index contributed by atoms with van der Waals surface area (Å²) in [5.74, 6) is -1.31. The van der Waals surface area contributed by atoms with E-state index >= 15 is 0 Å². The fourth-order valence-corrected chi connectivity index (χ4v) is 2.85. The number of ketones is 1. The SMILES string of the molecule is CCCCN(C)C(=O)[C@@H](C(=O)c1cccc([N+](=O)[O-])c1)n1cc(Cl)ccc1=O. The molecule has 0 unspecified atom stereocenters. The molecule has 28 heavy (non-hydrogen) atoms. The number of likely N-dealkylation sites (N-methyl/N-ethyl adjacent to an activating group) is 1. The van der Waals surface area contributed by atoms with Crippen molar-refractivity contribution >= 4 is 29.0 Å². The minimum atomic E-state index is -1.50. The monoisotopic (exact) mass is 405 g/mol. The van der Waals surface area contributed by atoms with Gasteiger partial charge in [-0.25, -0.2) is 0 Å². The molecule has 2 aromatic rings. The molecule has 0 fully saturated rings. The lowest BCUT2D eigenvalue weighted by atomic mass is 10.0. The van der Waals surface area contributed by atoms with Crippen molar-refractivity contribution in [3.63, 3.8) is 0 Å². The third-order valence-electron chi connectivity index (χ3n) is 4.23. The van der Waals surface area contributed by atoms with Gasteiger partial charge in [0.1, 0.15) is 0 Å². The number of carbonyl (C=O) groups is 2. The topological polar surface area (TPSA) is 103 Å². The van der Waals surface area contributed by atoms with Crippen molar-refractivity contribution in [1.29, 1.82) is 0 Å². The van der Waals surface area contributed by atoms with Gasteiger partial charge in [-0.05, 0) is 12.5 Å². The number of unbranched alkanes of at least 4 members (excludes halogenated alkanes) is 1. The van der Waals surface area contributed by atoms with Crippen LogP contribution in [0.1, 0.15) is 36.2 Å². The molecule has 1 atom stereocenters. The normalized spacial score (nSPS) is 11.7. The number of carbonyl (C=O) groups excluding carboxylic acids is 2. The molecule has 0 radical (unpaired) electrons. The van der Waals surface area contributed by atoms with Crippen LogP contribution in [-0.4, -0.2) is 39.7 Å². The smallest absolute Gasteiger partial charge is 0.270 e. The first kappa shape index (κ1) is 21.3. The minimum absolute atomic E-state index is 0.0386. The number of pyridine rings is 1. The van der Waals surface area contributed by atoms with E-state index in [0.29, 0.717) is 6.54 Å². The van der Waals surface area contributed by atoms with Gasteiger partial charge in [-0.2, -0.15) is 0 Å². The Morgan fingerprint density at radius 3 is 2.64 bits per heavy atom. The van der Waals surface area contributed by atoms with Crippen molar-refractivity contribution < 1.29 is 14.5 Å². The largest absolute Gasteiger partial charge is 0.344 e. The summed E-state index contributed by atoms with van der Waals surface area (Å²) in [6.45, 7) is 2.37. The zero-order valence-electron chi connectivity index (χ0n) is 15.5. The Labute approximate surface area is 166 Å². The van der Waals surface area contributed by atoms with Crippen LogP contribution in [0.3, 0.4) is 0 Å². The van der Waals surface area contributed by atoms with Crippen molar-refractivity contribution in [3.8, 4) is 0 Å². The van der Waals surface area contributed by atoms with Gasteiger partial charge in [0.15, 0.2) is 11.8 Å². The number of hydrogen-bond acceptors (Lipinski definition) is 5. The highest BCUT2D eigenvalue weighted by molar-refractivity contribution is 6.30. The third-order valence-corrected chi connectivity index (χ3v) is 4.45. The summed E-state index contributed by atoms with van der Waals surface area (Å²) in [6.07, 6.45) is 2.79. The van der Waals surface area contributed by atoms with Crippen LogP contribution in [0.15, 0.2) is 47.4 Å². The molecule has 0 bridgehead atoms. The number of Topliss-reactive ketones (excluding diaryl/α,β-unsaturated/α-hetero) is 1. The Balaban J connectivity index is 2.54. The van der Waals surface area contributed by atoms with Crippen LogP contribution in [-0.2, 0) is 4.79 Å². The average Bonchev–Trinajstić information content (AvgIpc) is 2.68. The van der Waals surface area contributed by atoms with E-state index in [4.69, 9.17) is 11.6 Å². The molecule has 0 aliphatic heterocycles. The van der Waals surface area contributed by atoms with Crippen LogP contribution >= 0.6 is 11.6 Å². The number of amides is 1. The molecule has 8 nitrogen and oxygen atoms in total. The van der Waals surface area contributed by atoms with Crippen LogP contribution in [0.2, 0.25) is 5.02 Å². The predicted molar refractivity (Wildman–Crippen MR) is 105 cm³/mol. The highest BCUT2D eigenvalue weighted by Gasteiger charge is 2.33. The fraction of sp³-hybridized carbons (Fsp3) is 0.316. The molecule has 1 aromatic heterocycles. The fourth-order valence-electron chi connectivity index (χ4n) is 2.68. The maximum absolute atomic E-state index is 13.1. The van der Waals surface area contributed by atoms with E-state index in [1.54, 1.807) is 7.05 Å². The molecule has 1 aromatic carbocycles. The molecule has 0 aliphatic carbocycles. The number of nitro benzene ring substituents is 1.